The molecule has 0 bridgehead atoms. The number of unbranched alkanes of at least 4 members (excludes halogenated alkanes) is 1. The lowest BCUT2D eigenvalue weighted by Crippen LogP contribution is -2.50. The van der Waals surface area contributed by atoms with Gasteiger partial charge in [0.25, 0.3) is 0 Å². The number of anilines is 2. The molecule has 0 radical (unpaired) electrons. The lowest BCUT2D eigenvalue weighted by Gasteiger charge is -2.34. The minimum atomic E-state index is -3.77. The molecule has 174 valence electrons. The van der Waals surface area contributed by atoms with Gasteiger partial charge in [0.05, 0.1) is 11.4 Å². The van der Waals surface area contributed by atoms with Crippen LogP contribution in [0.4, 0.5) is 11.4 Å². The third kappa shape index (κ3) is 5.81. The topological polar surface area (TPSA) is 86.7 Å². The van der Waals surface area contributed by atoms with Crippen LogP contribution in [0.2, 0.25) is 0 Å². The van der Waals surface area contributed by atoms with Gasteiger partial charge in [0, 0.05) is 28.4 Å². The highest BCUT2D eigenvalue weighted by atomic mass is 32.2. The first-order valence-corrected chi connectivity index (χ1v) is 14.4. The molecule has 2 N–H and O–H groups in total. The first-order chi connectivity index (χ1) is 15.2. The Morgan fingerprint density at radius 2 is 1.97 bits per heavy atom. The second kappa shape index (κ2) is 10.5. The molecule has 0 amide bonds. The molecular weight excluding hydrogens is 464 g/mol. The largest absolute Gasteiger partial charge is 0.481 e. The van der Waals surface area contributed by atoms with Gasteiger partial charge >= 0.3 is 5.97 Å². The first-order valence-electron chi connectivity index (χ1n) is 10.6. The number of nitrogens with zero attached hydrogens (tertiary/aromatic N) is 1. The highest BCUT2D eigenvalue weighted by Gasteiger charge is 2.39. The van der Waals surface area contributed by atoms with E-state index in [4.69, 9.17) is 5.11 Å². The minimum absolute atomic E-state index is 0.0267. The molecule has 0 aliphatic carbocycles. The number of thioether (sulfide) groups is 2. The number of fused-ring (bicyclic) bond motifs is 1. The summed E-state index contributed by atoms with van der Waals surface area (Å²) in [5.74, 6) is -0.475. The van der Waals surface area contributed by atoms with Crippen LogP contribution in [-0.4, -0.2) is 43.6 Å². The van der Waals surface area contributed by atoms with E-state index >= 15 is 0 Å². The van der Waals surface area contributed by atoms with Gasteiger partial charge in [-0.15, -0.1) is 23.5 Å². The van der Waals surface area contributed by atoms with Crippen molar-refractivity contribution in [2.24, 2.45) is 0 Å². The number of carboxylic acid groups (broad SMARTS) is 1. The van der Waals surface area contributed by atoms with Crippen molar-refractivity contribution in [3.05, 3.63) is 48.0 Å². The summed E-state index contributed by atoms with van der Waals surface area (Å²) in [7, 11) is -3.77. The van der Waals surface area contributed by atoms with Crippen LogP contribution in [-0.2, 0) is 20.6 Å². The van der Waals surface area contributed by atoms with Gasteiger partial charge < -0.3 is 10.0 Å². The molecule has 0 fully saturated rings. The van der Waals surface area contributed by atoms with Gasteiger partial charge in [-0.1, -0.05) is 38.0 Å². The van der Waals surface area contributed by atoms with Crippen LogP contribution >= 0.6 is 23.5 Å². The number of aliphatic carboxylic acids is 1. The van der Waals surface area contributed by atoms with Crippen molar-refractivity contribution in [2.75, 3.05) is 23.5 Å². The lowest BCUT2D eigenvalue weighted by molar-refractivity contribution is -0.133. The number of sulfonamides is 1. The summed E-state index contributed by atoms with van der Waals surface area (Å²) in [6.45, 7) is 4.59. The molecule has 1 aliphatic rings. The molecule has 2 aromatic rings. The minimum Gasteiger partial charge on any atom is -0.481 e. The molecule has 0 saturated heterocycles. The fourth-order valence-electron chi connectivity index (χ4n) is 3.95. The lowest BCUT2D eigenvalue weighted by atomic mass is 9.95. The molecule has 9 heteroatoms. The molecule has 1 unspecified atom stereocenters. The highest BCUT2D eigenvalue weighted by molar-refractivity contribution is 7.99. The van der Waals surface area contributed by atoms with Gasteiger partial charge in [-0.3, -0.25) is 4.79 Å². The van der Waals surface area contributed by atoms with Gasteiger partial charge in [0.2, 0.25) is 10.0 Å². The van der Waals surface area contributed by atoms with Crippen molar-refractivity contribution in [3.8, 4) is 0 Å². The average Bonchev–Trinajstić information content (AvgIpc) is 2.84. The van der Waals surface area contributed by atoms with Crippen LogP contribution in [0, 0.1) is 0 Å². The van der Waals surface area contributed by atoms with E-state index in [0.717, 1.165) is 35.4 Å². The third-order valence-corrected chi connectivity index (χ3v) is 8.92. The SMILES string of the molecule is CCCCC1(C)CN(c2ccccc2)c2cc(SC)c(CSCC(=O)O)cc2S(=O)(=O)N1. The second-order valence-electron chi connectivity index (χ2n) is 8.21. The molecule has 0 aromatic heterocycles. The molecule has 0 spiro atoms. The number of para-hydroxylation sites is 1. The van der Waals surface area contributed by atoms with Crippen molar-refractivity contribution in [1.82, 2.24) is 4.72 Å². The van der Waals surface area contributed by atoms with E-state index in [1.165, 1.54) is 11.8 Å². The molecule has 1 heterocycles. The average molecular weight is 495 g/mol. The Kier molecular flexibility index (Phi) is 8.19. The molecule has 32 heavy (non-hydrogen) atoms. The zero-order chi connectivity index (χ0) is 23.4. The normalized spacial score (nSPS) is 19.9. The predicted octanol–water partition coefficient (Wildman–Crippen LogP) is 5.11. The van der Waals surface area contributed by atoms with Gasteiger partial charge in [-0.05, 0) is 49.4 Å². The Bertz CT molecular complexity index is 1060. The summed E-state index contributed by atoms with van der Waals surface area (Å²) >= 11 is 2.81. The van der Waals surface area contributed by atoms with Gasteiger partial charge in [-0.2, -0.15) is 0 Å². The maximum absolute atomic E-state index is 13.5. The Hall–Kier alpha value is -1.68. The Labute approximate surface area is 199 Å². The highest BCUT2D eigenvalue weighted by Crippen LogP contribution is 2.41. The smallest absolute Gasteiger partial charge is 0.313 e. The van der Waals surface area contributed by atoms with Crippen LogP contribution in [0.1, 0.15) is 38.7 Å². The van der Waals surface area contributed by atoms with Gasteiger partial charge in [-0.25, -0.2) is 13.1 Å². The van der Waals surface area contributed by atoms with Crippen molar-refractivity contribution in [3.63, 3.8) is 0 Å². The maximum atomic E-state index is 13.5. The van der Waals surface area contributed by atoms with E-state index in [1.54, 1.807) is 17.8 Å². The summed E-state index contributed by atoms with van der Waals surface area (Å²) in [5.41, 5.74) is 1.80. The Morgan fingerprint density at radius 1 is 1.25 bits per heavy atom. The Morgan fingerprint density at radius 3 is 2.59 bits per heavy atom. The van der Waals surface area contributed by atoms with Crippen LogP contribution in [0.5, 0.6) is 0 Å². The van der Waals surface area contributed by atoms with Crippen LogP contribution in [0.3, 0.4) is 0 Å². The molecule has 1 aliphatic heterocycles. The van der Waals surface area contributed by atoms with Crippen molar-refractivity contribution >= 4 is 50.9 Å². The van der Waals surface area contributed by atoms with E-state index in [1.807, 2.05) is 49.6 Å². The molecule has 6 nitrogen and oxygen atoms in total. The number of hydrogen-bond donors (Lipinski definition) is 2. The zero-order valence-corrected chi connectivity index (χ0v) is 21.1. The standard InChI is InChI=1S/C23H30N2O4S3/c1-4-5-11-23(2)16-25(18-9-7-6-8-10-18)19-13-20(30-3)17(14-31-15-22(26)27)12-21(19)32(28,29)24-23/h6-10,12-13,24H,4-5,11,14-16H2,1-3H3,(H,26,27). The second-order valence-corrected chi connectivity index (χ2v) is 11.7. The quantitative estimate of drug-likeness (QED) is 0.469. The van der Waals surface area contributed by atoms with E-state index in [9.17, 15) is 13.2 Å². The summed E-state index contributed by atoms with van der Waals surface area (Å²) in [6.07, 6.45) is 4.59. The summed E-state index contributed by atoms with van der Waals surface area (Å²) < 4.78 is 30.1. The van der Waals surface area contributed by atoms with E-state index < -0.39 is 21.5 Å². The first kappa shape index (κ1) is 25.0. The van der Waals surface area contributed by atoms with Gasteiger partial charge in [0.1, 0.15) is 4.90 Å². The molecule has 1 atom stereocenters. The van der Waals surface area contributed by atoms with Crippen molar-refractivity contribution in [2.45, 2.75) is 54.2 Å². The summed E-state index contributed by atoms with van der Waals surface area (Å²) in [4.78, 5) is 14.2. The molecule has 3 rings (SSSR count). The van der Waals surface area contributed by atoms with E-state index in [-0.39, 0.29) is 10.6 Å². The molecule has 0 saturated carbocycles. The number of hydrogen-bond acceptors (Lipinski definition) is 6. The number of nitrogens with one attached hydrogen (secondary N) is 1. The number of carbonyl (C=O) groups is 1. The maximum Gasteiger partial charge on any atom is 0.313 e. The van der Waals surface area contributed by atoms with Crippen LogP contribution in [0.25, 0.3) is 0 Å². The zero-order valence-electron chi connectivity index (χ0n) is 18.6. The fraction of sp³-hybridized carbons (Fsp3) is 0.435. The number of benzene rings is 2. The predicted molar refractivity (Wildman–Crippen MR) is 134 cm³/mol. The third-order valence-electron chi connectivity index (χ3n) is 5.46. The number of rotatable bonds is 9. The summed E-state index contributed by atoms with van der Waals surface area (Å²) in [5, 5.41) is 8.98. The van der Waals surface area contributed by atoms with E-state index in [0.29, 0.717) is 18.0 Å². The van der Waals surface area contributed by atoms with Crippen molar-refractivity contribution in [1.29, 1.82) is 0 Å². The number of carboxylic acids is 1. The van der Waals surface area contributed by atoms with Crippen LogP contribution in [0.15, 0.2) is 52.3 Å². The molecular formula is C23H30N2O4S3. The fourth-order valence-corrected chi connectivity index (χ4v) is 7.07. The monoisotopic (exact) mass is 494 g/mol. The summed E-state index contributed by atoms with van der Waals surface area (Å²) in [6, 6.07) is 13.5. The van der Waals surface area contributed by atoms with Crippen LogP contribution < -0.4 is 9.62 Å². The Balaban J connectivity index is 2.15. The molecule has 2 aromatic carbocycles. The van der Waals surface area contributed by atoms with E-state index in [2.05, 4.69) is 16.5 Å². The van der Waals surface area contributed by atoms with Crippen molar-refractivity contribution < 1.29 is 18.3 Å². The van der Waals surface area contributed by atoms with Gasteiger partial charge in [0.15, 0.2) is 0 Å².